The minimum Gasteiger partial charge on any atom is -0.356 e. The number of rotatable bonds is 8. The van der Waals surface area contributed by atoms with Gasteiger partial charge >= 0.3 is 0 Å². The number of amides is 2. The SMILES string of the molecule is CCCCCCNC(=O)C1CCCN(C(=O)/C=C(\C)c2ccccc2)C1. The van der Waals surface area contributed by atoms with E-state index in [4.69, 9.17) is 0 Å². The molecule has 1 heterocycles. The lowest BCUT2D eigenvalue weighted by Gasteiger charge is -2.31. The third-order valence-electron chi connectivity index (χ3n) is 5.00. The van der Waals surface area contributed by atoms with Gasteiger partial charge in [-0.1, -0.05) is 56.5 Å². The zero-order valence-corrected chi connectivity index (χ0v) is 16.2. The number of benzene rings is 1. The summed E-state index contributed by atoms with van der Waals surface area (Å²) in [4.78, 5) is 26.8. The number of nitrogens with zero attached hydrogens (tertiary/aromatic N) is 1. The molecule has 1 aliphatic rings. The number of allylic oxidation sites excluding steroid dienone is 1. The highest BCUT2D eigenvalue weighted by Crippen LogP contribution is 2.19. The second-order valence-electron chi connectivity index (χ2n) is 7.17. The first-order valence-corrected chi connectivity index (χ1v) is 9.92. The topological polar surface area (TPSA) is 49.4 Å². The highest BCUT2D eigenvalue weighted by molar-refractivity contribution is 5.95. The summed E-state index contributed by atoms with van der Waals surface area (Å²) < 4.78 is 0. The lowest BCUT2D eigenvalue weighted by atomic mass is 9.96. The normalized spacial score (nSPS) is 17.8. The van der Waals surface area contributed by atoms with Crippen LogP contribution in [0.5, 0.6) is 0 Å². The van der Waals surface area contributed by atoms with E-state index in [-0.39, 0.29) is 17.7 Å². The van der Waals surface area contributed by atoms with Crippen LogP contribution in [0.3, 0.4) is 0 Å². The fourth-order valence-electron chi connectivity index (χ4n) is 3.36. The standard InChI is InChI=1S/C22H32N2O2/c1-3-4-5-9-14-23-22(26)20-13-10-15-24(17-20)21(25)16-18(2)19-11-7-6-8-12-19/h6-8,11-12,16,20H,3-5,9-10,13-15,17H2,1-2H3,(H,23,26)/b18-16+. The number of nitrogens with one attached hydrogen (secondary N) is 1. The average Bonchev–Trinajstić information content (AvgIpc) is 2.68. The number of carbonyl (C=O) groups is 2. The fraction of sp³-hybridized carbons (Fsp3) is 0.545. The third kappa shape index (κ3) is 6.32. The van der Waals surface area contributed by atoms with E-state index in [1.54, 1.807) is 6.08 Å². The van der Waals surface area contributed by atoms with Gasteiger partial charge in [-0.15, -0.1) is 0 Å². The summed E-state index contributed by atoms with van der Waals surface area (Å²) in [6.07, 6.45) is 8.06. The van der Waals surface area contributed by atoms with Crippen molar-refractivity contribution in [2.45, 2.75) is 52.4 Å². The molecule has 0 bridgehead atoms. The zero-order valence-electron chi connectivity index (χ0n) is 16.2. The Hall–Kier alpha value is -2.10. The molecule has 4 nitrogen and oxygen atoms in total. The smallest absolute Gasteiger partial charge is 0.246 e. The average molecular weight is 357 g/mol. The van der Waals surface area contributed by atoms with Crippen LogP contribution in [0.4, 0.5) is 0 Å². The number of piperidine rings is 1. The molecule has 142 valence electrons. The molecule has 0 saturated carbocycles. The van der Waals surface area contributed by atoms with Crippen LogP contribution in [0.25, 0.3) is 5.57 Å². The molecule has 1 aromatic carbocycles. The summed E-state index contributed by atoms with van der Waals surface area (Å²) in [5, 5.41) is 3.05. The quantitative estimate of drug-likeness (QED) is 0.565. The molecule has 1 unspecified atom stereocenters. The number of hydrogen-bond acceptors (Lipinski definition) is 2. The summed E-state index contributed by atoms with van der Waals surface area (Å²) in [5.74, 6) is 0.0267. The minimum absolute atomic E-state index is 0.00630. The van der Waals surface area contributed by atoms with E-state index in [2.05, 4.69) is 12.2 Å². The highest BCUT2D eigenvalue weighted by atomic mass is 16.2. The molecule has 2 amide bonds. The van der Waals surface area contributed by atoms with Gasteiger partial charge in [0.25, 0.3) is 0 Å². The van der Waals surface area contributed by atoms with E-state index in [0.717, 1.165) is 49.9 Å². The van der Waals surface area contributed by atoms with Gasteiger partial charge in [0.2, 0.25) is 11.8 Å². The largest absolute Gasteiger partial charge is 0.356 e. The van der Waals surface area contributed by atoms with Crippen molar-refractivity contribution in [3.8, 4) is 0 Å². The predicted molar refractivity (Wildman–Crippen MR) is 107 cm³/mol. The number of likely N-dealkylation sites (tertiary alicyclic amines) is 1. The van der Waals surface area contributed by atoms with E-state index < -0.39 is 0 Å². The Morgan fingerprint density at radius 1 is 1.19 bits per heavy atom. The van der Waals surface area contributed by atoms with Gasteiger partial charge in [0.05, 0.1) is 5.92 Å². The first-order valence-electron chi connectivity index (χ1n) is 9.92. The Balaban J connectivity index is 1.85. The maximum Gasteiger partial charge on any atom is 0.246 e. The molecule has 1 fully saturated rings. The number of carbonyl (C=O) groups excluding carboxylic acids is 2. The number of unbranched alkanes of at least 4 members (excludes halogenated alkanes) is 3. The lowest BCUT2D eigenvalue weighted by Crippen LogP contribution is -2.45. The Morgan fingerprint density at radius 2 is 1.96 bits per heavy atom. The van der Waals surface area contributed by atoms with E-state index in [1.807, 2.05) is 42.2 Å². The van der Waals surface area contributed by atoms with Gasteiger partial charge in [-0.3, -0.25) is 9.59 Å². The van der Waals surface area contributed by atoms with Crippen LogP contribution in [0, 0.1) is 5.92 Å². The monoisotopic (exact) mass is 356 g/mol. The van der Waals surface area contributed by atoms with Gasteiger partial charge in [0, 0.05) is 25.7 Å². The summed E-state index contributed by atoms with van der Waals surface area (Å²) in [6, 6.07) is 9.92. The second-order valence-corrected chi connectivity index (χ2v) is 7.17. The van der Waals surface area contributed by atoms with E-state index in [0.29, 0.717) is 6.54 Å². The van der Waals surface area contributed by atoms with Crippen LogP contribution < -0.4 is 5.32 Å². The predicted octanol–water partition coefficient (Wildman–Crippen LogP) is 4.03. The third-order valence-corrected chi connectivity index (χ3v) is 5.00. The summed E-state index contributed by atoms with van der Waals surface area (Å²) in [7, 11) is 0. The van der Waals surface area contributed by atoms with Crippen molar-refractivity contribution in [2.24, 2.45) is 5.92 Å². The Kier molecular flexibility index (Phi) is 8.39. The van der Waals surface area contributed by atoms with Gasteiger partial charge < -0.3 is 10.2 Å². The molecule has 0 radical (unpaired) electrons. The first-order chi connectivity index (χ1) is 12.6. The van der Waals surface area contributed by atoms with Gasteiger partial charge in [0.15, 0.2) is 0 Å². The van der Waals surface area contributed by atoms with Crippen molar-refractivity contribution < 1.29 is 9.59 Å². The Labute approximate surface area is 157 Å². The molecular formula is C22H32N2O2. The lowest BCUT2D eigenvalue weighted by molar-refractivity contribution is -0.132. The molecule has 1 atom stereocenters. The second kappa shape index (κ2) is 10.8. The van der Waals surface area contributed by atoms with Crippen molar-refractivity contribution in [3.05, 3.63) is 42.0 Å². The molecular weight excluding hydrogens is 324 g/mol. The van der Waals surface area contributed by atoms with Crippen molar-refractivity contribution in [2.75, 3.05) is 19.6 Å². The minimum atomic E-state index is -0.0793. The Morgan fingerprint density at radius 3 is 2.69 bits per heavy atom. The summed E-state index contributed by atoms with van der Waals surface area (Å²) in [5.41, 5.74) is 2.01. The van der Waals surface area contributed by atoms with Crippen LogP contribution >= 0.6 is 0 Å². The van der Waals surface area contributed by atoms with Crippen LogP contribution in [0.1, 0.15) is 57.9 Å². The maximum absolute atomic E-state index is 12.6. The van der Waals surface area contributed by atoms with Crippen molar-refractivity contribution in [1.82, 2.24) is 10.2 Å². The number of hydrogen-bond donors (Lipinski definition) is 1. The molecule has 0 spiro atoms. The van der Waals surface area contributed by atoms with Gasteiger partial charge in [-0.2, -0.15) is 0 Å². The van der Waals surface area contributed by atoms with Crippen LogP contribution in [0.15, 0.2) is 36.4 Å². The molecule has 1 aromatic rings. The first kappa shape index (κ1) is 20.2. The molecule has 1 aliphatic heterocycles. The van der Waals surface area contributed by atoms with Gasteiger partial charge in [0.1, 0.15) is 0 Å². The molecule has 1 N–H and O–H groups in total. The molecule has 26 heavy (non-hydrogen) atoms. The molecule has 2 rings (SSSR count). The van der Waals surface area contributed by atoms with Crippen molar-refractivity contribution >= 4 is 17.4 Å². The van der Waals surface area contributed by atoms with E-state index in [1.165, 1.54) is 12.8 Å². The molecule has 0 aromatic heterocycles. The molecule has 4 heteroatoms. The van der Waals surface area contributed by atoms with Gasteiger partial charge in [-0.05, 0) is 37.3 Å². The van der Waals surface area contributed by atoms with Gasteiger partial charge in [-0.25, -0.2) is 0 Å². The van der Waals surface area contributed by atoms with Crippen molar-refractivity contribution in [3.63, 3.8) is 0 Å². The molecule has 0 aliphatic carbocycles. The Bertz CT molecular complexity index is 610. The highest BCUT2D eigenvalue weighted by Gasteiger charge is 2.27. The van der Waals surface area contributed by atoms with Crippen molar-refractivity contribution in [1.29, 1.82) is 0 Å². The van der Waals surface area contributed by atoms with Crippen LogP contribution in [-0.4, -0.2) is 36.3 Å². The molecule has 1 saturated heterocycles. The van der Waals surface area contributed by atoms with Crippen LogP contribution in [0.2, 0.25) is 0 Å². The van der Waals surface area contributed by atoms with Crippen LogP contribution in [-0.2, 0) is 9.59 Å². The van der Waals surface area contributed by atoms with E-state index in [9.17, 15) is 9.59 Å². The maximum atomic E-state index is 12.6. The zero-order chi connectivity index (χ0) is 18.8. The van der Waals surface area contributed by atoms with E-state index >= 15 is 0 Å². The fourth-order valence-corrected chi connectivity index (χ4v) is 3.36. The summed E-state index contributed by atoms with van der Waals surface area (Å²) >= 11 is 0. The summed E-state index contributed by atoms with van der Waals surface area (Å²) in [6.45, 7) is 6.14.